The van der Waals surface area contributed by atoms with E-state index in [4.69, 9.17) is 0 Å². The molecular formula is C11H17N3O. The summed E-state index contributed by atoms with van der Waals surface area (Å²) in [4.78, 5) is 16.0. The summed E-state index contributed by atoms with van der Waals surface area (Å²) in [6.07, 6.45) is 8.53. The summed E-state index contributed by atoms with van der Waals surface area (Å²) in [7, 11) is 0. The average Bonchev–Trinajstić information content (AvgIpc) is 2.87. The molecule has 1 fully saturated rings. The minimum atomic E-state index is -0.0635. The van der Waals surface area contributed by atoms with E-state index < -0.39 is 0 Å². The summed E-state index contributed by atoms with van der Waals surface area (Å²) in [5, 5.41) is 3.98. The Morgan fingerprint density at radius 3 is 2.73 bits per heavy atom. The minimum absolute atomic E-state index is 0.0635. The van der Waals surface area contributed by atoms with E-state index in [-0.39, 0.29) is 5.41 Å². The number of aromatic nitrogens is 3. The first-order valence-electron chi connectivity index (χ1n) is 5.62. The van der Waals surface area contributed by atoms with Gasteiger partial charge in [0.15, 0.2) is 5.78 Å². The second kappa shape index (κ2) is 4.13. The Labute approximate surface area is 89.7 Å². The van der Waals surface area contributed by atoms with Crippen molar-refractivity contribution in [2.24, 2.45) is 5.41 Å². The number of ketones is 1. The Balaban J connectivity index is 2.06. The summed E-state index contributed by atoms with van der Waals surface area (Å²) in [5.41, 5.74) is -0.0635. The number of hydrogen-bond donors (Lipinski definition) is 0. The molecule has 0 atom stereocenters. The van der Waals surface area contributed by atoms with Gasteiger partial charge in [0.25, 0.3) is 0 Å². The molecule has 0 amide bonds. The number of rotatable bonds is 4. The summed E-state index contributed by atoms with van der Waals surface area (Å²) < 4.78 is 1.62. The van der Waals surface area contributed by atoms with Crippen LogP contribution in [-0.4, -0.2) is 20.5 Å². The van der Waals surface area contributed by atoms with Crippen LogP contribution in [0, 0.1) is 5.41 Å². The van der Waals surface area contributed by atoms with E-state index in [9.17, 15) is 4.79 Å². The quantitative estimate of drug-likeness (QED) is 0.756. The highest BCUT2D eigenvalue weighted by Gasteiger charge is 2.38. The molecule has 2 rings (SSSR count). The second-order valence-electron chi connectivity index (χ2n) is 4.36. The topological polar surface area (TPSA) is 47.8 Å². The number of nitrogens with zero attached hydrogens (tertiary/aromatic N) is 3. The van der Waals surface area contributed by atoms with Crippen molar-refractivity contribution in [3.05, 3.63) is 12.7 Å². The van der Waals surface area contributed by atoms with Crippen LogP contribution in [0.4, 0.5) is 0 Å². The van der Waals surface area contributed by atoms with Gasteiger partial charge in [-0.05, 0) is 19.3 Å². The predicted octanol–water partition coefficient (Wildman–Crippen LogP) is 1.82. The van der Waals surface area contributed by atoms with Crippen LogP contribution in [0.5, 0.6) is 0 Å². The maximum absolute atomic E-state index is 12.2. The molecule has 1 aromatic rings. The largest absolute Gasteiger partial charge is 0.297 e. The lowest BCUT2D eigenvalue weighted by molar-refractivity contribution is -0.129. The van der Waals surface area contributed by atoms with Gasteiger partial charge in [-0.3, -0.25) is 4.79 Å². The van der Waals surface area contributed by atoms with Crippen LogP contribution < -0.4 is 0 Å². The minimum Gasteiger partial charge on any atom is -0.297 e. The summed E-state index contributed by atoms with van der Waals surface area (Å²) in [5.74, 6) is 0.327. The van der Waals surface area contributed by atoms with Crippen LogP contribution in [0.2, 0.25) is 0 Å². The van der Waals surface area contributed by atoms with Gasteiger partial charge in [-0.15, -0.1) is 0 Å². The second-order valence-corrected chi connectivity index (χ2v) is 4.36. The van der Waals surface area contributed by atoms with E-state index in [1.54, 1.807) is 11.0 Å². The fourth-order valence-corrected chi connectivity index (χ4v) is 2.51. The molecule has 0 aromatic carbocycles. The standard InChI is InChI=1S/C11H17N3O/c1-2-11(5-3-4-6-11)10(15)7-14-9-12-8-13-14/h8-9H,2-7H2,1H3. The highest BCUT2D eigenvalue weighted by molar-refractivity contribution is 5.84. The lowest BCUT2D eigenvalue weighted by atomic mass is 9.79. The summed E-state index contributed by atoms with van der Waals surface area (Å²) in [6, 6.07) is 0. The highest BCUT2D eigenvalue weighted by Crippen LogP contribution is 2.41. The van der Waals surface area contributed by atoms with Crippen molar-refractivity contribution in [1.82, 2.24) is 14.8 Å². The normalized spacial score (nSPS) is 19.3. The zero-order chi connectivity index (χ0) is 10.7. The maximum atomic E-state index is 12.2. The highest BCUT2D eigenvalue weighted by atomic mass is 16.1. The van der Waals surface area contributed by atoms with Crippen LogP contribution in [0.1, 0.15) is 39.0 Å². The van der Waals surface area contributed by atoms with Gasteiger partial charge in [-0.1, -0.05) is 19.8 Å². The molecule has 1 heterocycles. The Kier molecular flexibility index (Phi) is 2.84. The molecule has 0 bridgehead atoms. The number of carbonyl (C=O) groups excluding carboxylic acids is 1. The van der Waals surface area contributed by atoms with E-state index >= 15 is 0 Å². The van der Waals surface area contributed by atoms with Crippen molar-refractivity contribution >= 4 is 5.78 Å². The number of hydrogen-bond acceptors (Lipinski definition) is 3. The van der Waals surface area contributed by atoms with Crippen LogP contribution in [0.3, 0.4) is 0 Å². The first kappa shape index (κ1) is 10.3. The fourth-order valence-electron chi connectivity index (χ4n) is 2.51. The first-order chi connectivity index (χ1) is 7.27. The van der Waals surface area contributed by atoms with Crippen molar-refractivity contribution in [2.45, 2.75) is 45.6 Å². The van der Waals surface area contributed by atoms with Crippen molar-refractivity contribution < 1.29 is 4.79 Å². The van der Waals surface area contributed by atoms with Gasteiger partial charge in [0, 0.05) is 5.41 Å². The van der Waals surface area contributed by atoms with Crippen molar-refractivity contribution in [1.29, 1.82) is 0 Å². The van der Waals surface area contributed by atoms with Gasteiger partial charge in [0.1, 0.15) is 19.2 Å². The fraction of sp³-hybridized carbons (Fsp3) is 0.727. The van der Waals surface area contributed by atoms with Crippen molar-refractivity contribution in [2.75, 3.05) is 0 Å². The third kappa shape index (κ3) is 1.94. The van der Waals surface area contributed by atoms with Crippen molar-refractivity contribution in [3.63, 3.8) is 0 Å². The molecule has 0 radical (unpaired) electrons. The number of carbonyl (C=O) groups is 1. The predicted molar refractivity (Wildman–Crippen MR) is 56.2 cm³/mol. The first-order valence-corrected chi connectivity index (χ1v) is 5.62. The molecule has 1 aromatic heterocycles. The lowest BCUT2D eigenvalue weighted by Crippen LogP contribution is -2.30. The third-order valence-corrected chi connectivity index (χ3v) is 3.60. The Hall–Kier alpha value is -1.19. The van der Waals surface area contributed by atoms with Crippen LogP contribution in [-0.2, 0) is 11.3 Å². The summed E-state index contributed by atoms with van der Waals surface area (Å²) >= 11 is 0. The van der Waals surface area contributed by atoms with Gasteiger partial charge < -0.3 is 0 Å². The molecule has 0 unspecified atom stereocenters. The molecule has 4 nitrogen and oxygen atoms in total. The van der Waals surface area contributed by atoms with Crippen LogP contribution in [0.25, 0.3) is 0 Å². The third-order valence-electron chi connectivity index (χ3n) is 3.60. The zero-order valence-corrected chi connectivity index (χ0v) is 9.15. The van der Waals surface area contributed by atoms with Crippen LogP contribution >= 0.6 is 0 Å². The Morgan fingerprint density at radius 1 is 1.47 bits per heavy atom. The molecule has 0 saturated heterocycles. The van der Waals surface area contributed by atoms with Crippen molar-refractivity contribution in [3.8, 4) is 0 Å². The summed E-state index contributed by atoms with van der Waals surface area (Å²) in [6.45, 7) is 2.50. The van der Waals surface area contributed by atoms with E-state index in [0.29, 0.717) is 12.3 Å². The van der Waals surface area contributed by atoms with E-state index in [2.05, 4.69) is 17.0 Å². The number of Topliss-reactive ketones (excluding diaryl/α,β-unsaturated/α-hetero) is 1. The van der Waals surface area contributed by atoms with Gasteiger partial charge in [-0.25, -0.2) is 9.67 Å². The smallest absolute Gasteiger partial charge is 0.160 e. The molecule has 4 heteroatoms. The van der Waals surface area contributed by atoms with Crippen LogP contribution in [0.15, 0.2) is 12.7 Å². The monoisotopic (exact) mass is 207 g/mol. The van der Waals surface area contributed by atoms with Gasteiger partial charge in [-0.2, -0.15) is 5.10 Å². The van der Waals surface area contributed by atoms with E-state index in [1.165, 1.54) is 19.2 Å². The van der Waals surface area contributed by atoms with Gasteiger partial charge in [0.05, 0.1) is 0 Å². The van der Waals surface area contributed by atoms with Gasteiger partial charge >= 0.3 is 0 Å². The maximum Gasteiger partial charge on any atom is 0.160 e. The molecule has 1 aliphatic rings. The molecule has 0 N–H and O–H groups in total. The molecule has 1 aliphatic carbocycles. The SMILES string of the molecule is CCC1(C(=O)Cn2cncn2)CCCC1. The molecule has 0 spiro atoms. The Bertz CT molecular complexity index is 326. The van der Waals surface area contributed by atoms with E-state index in [0.717, 1.165) is 19.3 Å². The molecular weight excluding hydrogens is 190 g/mol. The Morgan fingerprint density at radius 2 is 2.20 bits per heavy atom. The molecule has 1 saturated carbocycles. The average molecular weight is 207 g/mol. The molecule has 0 aliphatic heterocycles. The zero-order valence-electron chi connectivity index (χ0n) is 9.15. The lowest BCUT2D eigenvalue weighted by Gasteiger charge is -2.25. The van der Waals surface area contributed by atoms with E-state index in [1.807, 2.05) is 0 Å². The molecule has 82 valence electrons. The van der Waals surface area contributed by atoms with Gasteiger partial charge in [0.2, 0.25) is 0 Å². The molecule has 15 heavy (non-hydrogen) atoms.